The Balaban J connectivity index is 3.15. The molecule has 0 aromatic rings. The molecular formula is C13H15N3. The third kappa shape index (κ3) is 2.32. The predicted molar refractivity (Wildman–Crippen MR) is 62.8 cm³/mol. The van der Waals surface area contributed by atoms with Crippen LogP contribution in [-0.4, -0.2) is 11.4 Å². The zero-order valence-corrected chi connectivity index (χ0v) is 9.91. The summed E-state index contributed by atoms with van der Waals surface area (Å²) in [7, 11) is 0. The average Bonchev–Trinajstić information content (AvgIpc) is 2.25. The fourth-order valence-corrected chi connectivity index (χ4v) is 1.80. The van der Waals surface area contributed by atoms with Gasteiger partial charge in [-0.2, -0.15) is 10.5 Å². The third-order valence-corrected chi connectivity index (χ3v) is 2.54. The van der Waals surface area contributed by atoms with Crippen molar-refractivity contribution in [2.75, 3.05) is 6.54 Å². The van der Waals surface area contributed by atoms with Crippen LogP contribution < -0.4 is 0 Å². The lowest BCUT2D eigenvalue weighted by atomic mass is 10.0. The fraction of sp³-hybridized carbons (Fsp3) is 0.385. The Kier molecular flexibility index (Phi) is 3.91. The van der Waals surface area contributed by atoms with Crippen molar-refractivity contribution in [3.05, 3.63) is 34.7 Å². The largest absolute Gasteiger partial charge is 0.349 e. The molecule has 0 spiro atoms. The Hall–Kier alpha value is -2.00. The number of rotatable bonds is 2. The molecule has 3 heteroatoms. The minimum atomic E-state index is 0.176. The van der Waals surface area contributed by atoms with Crippen LogP contribution in [0.25, 0.3) is 0 Å². The summed E-state index contributed by atoms with van der Waals surface area (Å²) in [6, 6.07) is 3.84. The second-order valence-corrected chi connectivity index (χ2v) is 3.78. The van der Waals surface area contributed by atoms with Crippen molar-refractivity contribution < 1.29 is 0 Å². The lowest BCUT2D eigenvalue weighted by Gasteiger charge is -2.29. The third-order valence-electron chi connectivity index (χ3n) is 2.54. The monoisotopic (exact) mass is 213 g/mol. The van der Waals surface area contributed by atoms with Crippen LogP contribution in [0.1, 0.15) is 27.2 Å². The molecule has 1 aliphatic rings. The van der Waals surface area contributed by atoms with E-state index in [-0.39, 0.29) is 5.57 Å². The van der Waals surface area contributed by atoms with E-state index < -0.39 is 0 Å². The second-order valence-electron chi connectivity index (χ2n) is 3.78. The molecule has 0 aliphatic carbocycles. The second kappa shape index (κ2) is 5.19. The van der Waals surface area contributed by atoms with E-state index in [4.69, 9.17) is 10.5 Å². The first-order valence-corrected chi connectivity index (χ1v) is 5.32. The number of hydrogen-bond acceptors (Lipinski definition) is 3. The minimum Gasteiger partial charge on any atom is -0.349 e. The van der Waals surface area contributed by atoms with E-state index in [1.807, 2.05) is 38.1 Å². The van der Waals surface area contributed by atoms with Gasteiger partial charge in [0.05, 0.1) is 0 Å². The molecule has 0 saturated carbocycles. The first kappa shape index (κ1) is 12.1. The summed E-state index contributed by atoms with van der Waals surface area (Å²) >= 11 is 0. The van der Waals surface area contributed by atoms with Gasteiger partial charge in [-0.25, -0.2) is 0 Å². The standard InChI is InChI=1S/C13H15N3/c1-4-5-16-10(2)6-12(7-11(16)3)13(8-14)9-15/h6-7H,4-5H2,1-3H3. The maximum absolute atomic E-state index is 8.82. The molecule has 82 valence electrons. The van der Waals surface area contributed by atoms with Crippen molar-refractivity contribution in [3.63, 3.8) is 0 Å². The molecule has 0 fully saturated rings. The van der Waals surface area contributed by atoms with Gasteiger partial charge in [0.15, 0.2) is 0 Å². The van der Waals surface area contributed by atoms with Gasteiger partial charge in [0.25, 0.3) is 0 Å². The van der Waals surface area contributed by atoms with Crippen molar-refractivity contribution in [1.29, 1.82) is 10.5 Å². The van der Waals surface area contributed by atoms with Crippen LogP contribution in [0.15, 0.2) is 34.7 Å². The highest BCUT2D eigenvalue weighted by atomic mass is 15.1. The van der Waals surface area contributed by atoms with Gasteiger partial charge in [-0.3, -0.25) is 0 Å². The molecule has 16 heavy (non-hydrogen) atoms. The van der Waals surface area contributed by atoms with E-state index in [2.05, 4.69) is 11.8 Å². The van der Waals surface area contributed by atoms with E-state index in [1.54, 1.807) is 0 Å². The normalized spacial score (nSPS) is 14.8. The molecule has 1 heterocycles. The minimum absolute atomic E-state index is 0.176. The summed E-state index contributed by atoms with van der Waals surface area (Å²) in [5.41, 5.74) is 3.06. The van der Waals surface area contributed by atoms with Crippen molar-refractivity contribution >= 4 is 0 Å². The van der Waals surface area contributed by atoms with E-state index in [9.17, 15) is 0 Å². The van der Waals surface area contributed by atoms with Crippen LogP contribution in [0, 0.1) is 22.7 Å². The quantitative estimate of drug-likeness (QED) is 0.663. The van der Waals surface area contributed by atoms with E-state index in [0.29, 0.717) is 5.57 Å². The maximum atomic E-state index is 8.82. The van der Waals surface area contributed by atoms with Gasteiger partial charge < -0.3 is 4.90 Å². The SMILES string of the molecule is CCCN1C(C)=CC(=C(C#N)C#N)C=C1C. The van der Waals surface area contributed by atoms with Gasteiger partial charge in [0, 0.05) is 23.5 Å². The van der Waals surface area contributed by atoms with Crippen LogP contribution in [-0.2, 0) is 0 Å². The molecule has 0 saturated heterocycles. The van der Waals surface area contributed by atoms with Crippen LogP contribution in [0.5, 0.6) is 0 Å². The molecule has 0 aromatic heterocycles. The maximum Gasteiger partial charge on any atom is 0.137 e. The highest BCUT2D eigenvalue weighted by molar-refractivity contribution is 5.53. The molecule has 0 N–H and O–H groups in total. The number of nitrogens with zero attached hydrogens (tertiary/aromatic N) is 3. The Morgan fingerprint density at radius 3 is 2.06 bits per heavy atom. The Morgan fingerprint density at radius 1 is 1.19 bits per heavy atom. The first-order chi connectivity index (χ1) is 7.63. The van der Waals surface area contributed by atoms with E-state index in [1.165, 1.54) is 0 Å². The summed E-state index contributed by atoms with van der Waals surface area (Å²) in [4.78, 5) is 2.19. The Bertz CT molecular complexity index is 415. The molecule has 0 aromatic carbocycles. The van der Waals surface area contributed by atoms with Gasteiger partial charge in [0.2, 0.25) is 0 Å². The lowest BCUT2D eigenvalue weighted by molar-refractivity contribution is 0.422. The summed E-state index contributed by atoms with van der Waals surface area (Å²) < 4.78 is 0. The van der Waals surface area contributed by atoms with E-state index >= 15 is 0 Å². The van der Waals surface area contributed by atoms with Gasteiger partial charge in [-0.1, -0.05) is 6.92 Å². The van der Waals surface area contributed by atoms with Gasteiger partial charge in [0.1, 0.15) is 17.7 Å². The van der Waals surface area contributed by atoms with Crippen LogP contribution in [0.4, 0.5) is 0 Å². The molecule has 0 radical (unpaired) electrons. The topological polar surface area (TPSA) is 50.8 Å². The number of allylic oxidation sites excluding steroid dienone is 6. The van der Waals surface area contributed by atoms with E-state index in [0.717, 1.165) is 24.4 Å². The molecule has 0 atom stereocenters. The molecule has 3 nitrogen and oxygen atoms in total. The zero-order valence-electron chi connectivity index (χ0n) is 9.91. The highest BCUT2D eigenvalue weighted by Gasteiger charge is 2.14. The number of nitriles is 2. The lowest BCUT2D eigenvalue weighted by Crippen LogP contribution is -2.23. The van der Waals surface area contributed by atoms with Gasteiger partial charge >= 0.3 is 0 Å². The summed E-state index contributed by atoms with van der Waals surface area (Å²) in [6.07, 6.45) is 4.85. The summed E-state index contributed by atoms with van der Waals surface area (Å²) in [6.45, 7) is 7.09. The highest BCUT2D eigenvalue weighted by Crippen LogP contribution is 2.24. The van der Waals surface area contributed by atoms with Crippen LogP contribution in [0.3, 0.4) is 0 Å². The smallest absolute Gasteiger partial charge is 0.137 e. The van der Waals surface area contributed by atoms with Crippen molar-refractivity contribution in [2.24, 2.45) is 0 Å². The van der Waals surface area contributed by atoms with Gasteiger partial charge in [-0.05, 0) is 32.4 Å². The molecule has 0 unspecified atom stereocenters. The van der Waals surface area contributed by atoms with Crippen molar-refractivity contribution in [2.45, 2.75) is 27.2 Å². The zero-order chi connectivity index (χ0) is 12.1. The average molecular weight is 213 g/mol. The molecular weight excluding hydrogens is 198 g/mol. The Labute approximate surface area is 96.6 Å². The Morgan fingerprint density at radius 2 is 1.69 bits per heavy atom. The number of hydrogen-bond donors (Lipinski definition) is 0. The predicted octanol–water partition coefficient (Wildman–Crippen LogP) is 2.86. The molecule has 1 aliphatic heterocycles. The molecule has 0 amide bonds. The first-order valence-electron chi connectivity index (χ1n) is 5.32. The van der Waals surface area contributed by atoms with Crippen LogP contribution in [0.2, 0.25) is 0 Å². The van der Waals surface area contributed by atoms with Crippen LogP contribution >= 0.6 is 0 Å². The summed E-state index contributed by atoms with van der Waals surface area (Å²) in [5.74, 6) is 0. The van der Waals surface area contributed by atoms with Crippen molar-refractivity contribution in [3.8, 4) is 12.1 Å². The van der Waals surface area contributed by atoms with Crippen molar-refractivity contribution in [1.82, 2.24) is 4.90 Å². The molecule has 1 rings (SSSR count). The fourth-order valence-electron chi connectivity index (χ4n) is 1.80. The summed E-state index contributed by atoms with van der Waals surface area (Å²) in [5, 5.41) is 17.6. The van der Waals surface area contributed by atoms with Gasteiger partial charge in [-0.15, -0.1) is 0 Å². The molecule has 0 bridgehead atoms.